The zero-order chi connectivity index (χ0) is 67.1. The molecule has 0 aliphatic rings. The molecule has 0 aliphatic heterocycles. The molecular weight excluding hydrogens is 1190 g/mol. The monoisotopic (exact) mass is 1270 g/mol. The number of carboxylic acids is 1. The highest BCUT2D eigenvalue weighted by Crippen LogP contribution is 2.29. The van der Waals surface area contributed by atoms with Gasteiger partial charge < -0.3 is 95.3 Å². The molecule has 5 aromatic rings. The predicted octanol–water partition coefficient (Wildman–Crippen LogP) is 4.14. The molecule has 0 aliphatic carbocycles. The fraction of sp³-hybridized carbons (Fsp3) is 0.400. The van der Waals surface area contributed by atoms with Gasteiger partial charge in [-0.05, 0) is 175 Å². The van der Waals surface area contributed by atoms with Crippen LogP contribution >= 0.6 is 0 Å². The maximum atomic E-state index is 14.3. The van der Waals surface area contributed by atoms with Gasteiger partial charge in [-0.2, -0.15) is 0 Å². The minimum Gasteiger partial charge on any atom is -0.496 e. The van der Waals surface area contributed by atoms with Gasteiger partial charge >= 0.3 is 5.97 Å². The van der Waals surface area contributed by atoms with Gasteiger partial charge in [0.15, 0.2) is 0 Å². The number of nitrogens with one attached hydrogen (secondary N) is 8. The van der Waals surface area contributed by atoms with E-state index in [-0.39, 0.29) is 93.7 Å². The van der Waals surface area contributed by atoms with E-state index in [4.69, 9.17) is 47.6 Å². The van der Waals surface area contributed by atoms with E-state index in [9.17, 15) is 48.3 Å². The number of aliphatic carboxylic acids is 1. The Labute approximate surface area is 534 Å². The number of methoxy groups -OCH3 is 4. The number of carbonyl (C=O) groups excluding carboxylic acids is 8. The molecule has 5 atom stereocenters. The zero-order valence-corrected chi connectivity index (χ0v) is 52.4. The van der Waals surface area contributed by atoms with Crippen LogP contribution in [0.5, 0.6) is 23.0 Å². The summed E-state index contributed by atoms with van der Waals surface area (Å²) in [6.07, 6.45) is 4.97. The van der Waals surface area contributed by atoms with Crippen LogP contribution in [0.25, 0.3) is 0 Å². The lowest BCUT2D eigenvalue weighted by molar-refractivity contribution is -0.139. The van der Waals surface area contributed by atoms with Gasteiger partial charge in [-0.3, -0.25) is 38.4 Å². The largest absolute Gasteiger partial charge is 0.496 e. The number of unbranched alkanes of at least 4 members (excludes halogenated alkanes) is 4. The van der Waals surface area contributed by atoms with Crippen LogP contribution in [0.15, 0.2) is 103 Å². The maximum absolute atomic E-state index is 14.3. The molecule has 0 spiro atoms. The third kappa shape index (κ3) is 22.4. The van der Waals surface area contributed by atoms with E-state index in [1.54, 1.807) is 36.4 Å². The molecule has 8 amide bonds. The molecule has 1 unspecified atom stereocenters. The predicted molar refractivity (Wildman–Crippen MR) is 349 cm³/mol. The molecular formula is C65H87N13O14. The third-order valence-corrected chi connectivity index (χ3v) is 14.7. The molecule has 27 heteroatoms. The Morgan fingerprint density at radius 2 is 0.663 bits per heavy atom. The summed E-state index contributed by atoms with van der Waals surface area (Å²) in [6, 6.07) is 20.4. The molecule has 0 aromatic heterocycles. The summed E-state index contributed by atoms with van der Waals surface area (Å²) in [7, 11) is 5.37. The molecule has 5 rings (SSSR count). The SMILES string of the molecule is COc1ccc(NC(=O)[C@H](CCCCN)NC(=O)c2cc(NC(=O)[C@H](CCCCN)NC(=O)c3cc(NC(=O)[C@H](CCCCN)NC(=O)c4cc(NC(=O)[C@@H](N)CCCCN)ccc4OC)ccc3OC)ccc2OC)cc1C(=O)NC(Cc1ccccc1)C(=O)O. The highest BCUT2D eigenvalue weighted by Gasteiger charge is 2.30. The van der Waals surface area contributed by atoms with Crippen LogP contribution in [0.4, 0.5) is 22.7 Å². The number of benzene rings is 5. The molecule has 0 bridgehead atoms. The molecule has 0 heterocycles. The van der Waals surface area contributed by atoms with E-state index in [1.807, 2.05) is 0 Å². The number of ether oxygens (including phenoxy) is 4. The van der Waals surface area contributed by atoms with Gasteiger partial charge in [0.25, 0.3) is 23.6 Å². The number of hydrogen-bond acceptors (Lipinski definition) is 18. The van der Waals surface area contributed by atoms with Crippen molar-refractivity contribution >= 4 is 76.0 Å². The first-order chi connectivity index (χ1) is 44.3. The quantitative estimate of drug-likeness (QED) is 0.0246. The van der Waals surface area contributed by atoms with E-state index < -0.39 is 83.4 Å². The van der Waals surface area contributed by atoms with Crippen LogP contribution in [-0.2, 0) is 30.4 Å². The number of rotatable bonds is 39. The van der Waals surface area contributed by atoms with Crippen LogP contribution < -0.4 is 90.2 Å². The van der Waals surface area contributed by atoms with E-state index in [0.29, 0.717) is 89.5 Å². The van der Waals surface area contributed by atoms with E-state index >= 15 is 0 Å². The highest BCUT2D eigenvalue weighted by molar-refractivity contribution is 6.08. The molecule has 0 saturated carbocycles. The minimum atomic E-state index is -1.30. The Hall–Kier alpha value is -9.67. The Kier molecular flexibility index (Phi) is 30.3. The lowest BCUT2D eigenvalue weighted by Gasteiger charge is -2.22. The number of carbonyl (C=O) groups is 9. The van der Waals surface area contributed by atoms with Gasteiger partial charge in [-0.1, -0.05) is 36.8 Å². The average Bonchev–Trinajstić information content (AvgIpc) is 0.979. The zero-order valence-electron chi connectivity index (χ0n) is 52.4. The normalized spacial score (nSPS) is 12.5. The summed E-state index contributed by atoms with van der Waals surface area (Å²) in [4.78, 5) is 124. The average molecular weight is 1270 g/mol. The third-order valence-electron chi connectivity index (χ3n) is 14.7. The van der Waals surface area contributed by atoms with Crippen molar-refractivity contribution in [3.8, 4) is 23.0 Å². The number of hydrogen-bond donors (Lipinski definition) is 14. The molecule has 0 saturated heterocycles. The summed E-state index contributed by atoms with van der Waals surface area (Å²) in [5.74, 6) is -6.27. The number of nitrogens with two attached hydrogens (primary N) is 5. The standard InChI is InChI=1S/C65H87N13O14/c1-89-53-26-22-40(71-61(83)48(70)18-8-12-30-66)35-44(53)57(79)75-49(19-9-13-31-67)62(84)72-41-23-27-54(90-2)45(36-41)58(80)76-50(20-10-14-32-68)63(85)73-42-24-28-55(91-3)46(37-42)59(81)77-51(21-11-15-33-69)64(86)74-43-25-29-56(92-4)47(38-43)60(82)78-52(65(87)88)34-39-16-6-5-7-17-39/h5-7,16-17,22-29,35-38,48-52H,8-15,18-21,30-34,66-70H2,1-4H3,(H,71,83)(H,72,84)(H,73,85)(H,74,86)(H,75,79)(H,76,80)(H,77,81)(H,78,82)(H,87,88)/t48-,49-,50-,51-,52?/m0/s1. The van der Waals surface area contributed by atoms with Crippen LogP contribution in [0.1, 0.15) is 124 Å². The van der Waals surface area contributed by atoms with Crippen LogP contribution in [-0.4, -0.2) is 143 Å². The van der Waals surface area contributed by atoms with Crippen molar-refractivity contribution in [2.24, 2.45) is 28.7 Å². The summed E-state index contributed by atoms with van der Waals surface area (Å²) in [5, 5.41) is 31.9. The molecule has 496 valence electrons. The molecule has 0 radical (unpaired) electrons. The fourth-order valence-electron chi connectivity index (χ4n) is 9.69. The first kappa shape index (κ1) is 73.1. The van der Waals surface area contributed by atoms with Gasteiger partial charge in [0.05, 0.1) is 56.7 Å². The van der Waals surface area contributed by atoms with E-state index in [0.717, 1.165) is 0 Å². The van der Waals surface area contributed by atoms with Crippen LogP contribution in [0.3, 0.4) is 0 Å². The molecule has 0 fully saturated rings. The van der Waals surface area contributed by atoms with Crippen molar-refractivity contribution in [2.45, 2.75) is 114 Å². The summed E-state index contributed by atoms with van der Waals surface area (Å²) in [6.45, 7) is 1.38. The number of amides is 8. The van der Waals surface area contributed by atoms with Crippen molar-refractivity contribution in [2.75, 3.05) is 75.9 Å². The van der Waals surface area contributed by atoms with Gasteiger partial charge in [0, 0.05) is 29.2 Å². The number of anilines is 4. The topological polar surface area (TPSA) is 437 Å². The van der Waals surface area contributed by atoms with Gasteiger partial charge in [-0.25, -0.2) is 4.79 Å². The molecule has 92 heavy (non-hydrogen) atoms. The second-order valence-corrected chi connectivity index (χ2v) is 21.5. The van der Waals surface area contributed by atoms with Gasteiger partial charge in [-0.15, -0.1) is 0 Å². The Morgan fingerprint density at radius 3 is 0.946 bits per heavy atom. The fourth-order valence-corrected chi connectivity index (χ4v) is 9.69. The maximum Gasteiger partial charge on any atom is 0.326 e. The Morgan fingerprint density at radius 1 is 0.380 bits per heavy atom. The number of carboxylic acid groups (broad SMARTS) is 1. The highest BCUT2D eigenvalue weighted by atomic mass is 16.5. The van der Waals surface area contributed by atoms with Gasteiger partial charge in [0.1, 0.15) is 47.2 Å². The second kappa shape index (κ2) is 38.1. The van der Waals surface area contributed by atoms with E-state index in [2.05, 4.69) is 42.5 Å². The van der Waals surface area contributed by atoms with Crippen molar-refractivity contribution in [1.82, 2.24) is 21.3 Å². The molecule has 27 nitrogen and oxygen atoms in total. The lowest BCUT2D eigenvalue weighted by Crippen LogP contribution is -2.44. The van der Waals surface area contributed by atoms with Crippen molar-refractivity contribution in [3.63, 3.8) is 0 Å². The van der Waals surface area contributed by atoms with Crippen LogP contribution in [0, 0.1) is 0 Å². The minimum absolute atomic E-state index is 0.00272. The lowest BCUT2D eigenvalue weighted by atomic mass is 10.0. The summed E-state index contributed by atoms with van der Waals surface area (Å²) < 4.78 is 22.0. The van der Waals surface area contributed by atoms with Gasteiger partial charge in [0.2, 0.25) is 23.6 Å². The molecule has 5 aromatic carbocycles. The van der Waals surface area contributed by atoms with Crippen LogP contribution in [0.2, 0.25) is 0 Å². The Balaban J connectivity index is 1.33. The van der Waals surface area contributed by atoms with Crippen molar-refractivity contribution in [1.29, 1.82) is 0 Å². The van der Waals surface area contributed by atoms with Crippen molar-refractivity contribution < 1.29 is 67.2 Å². The second-order valence-electron chi connectivity index (χ2n) is 21.5. The van der Waals surface area contributed by atoms with E-state index in [1.165, 1.54) is 95.2 Å². The van der Waals surface area contributed by atoms with Crippen molar-refractivity contribution in [3.05, 3.63) is 131 Å². The smallest absolute Gasteiger partial charge is 0.326 e. The first-order valence-electron chi connectivity index (χ1n) is 30.3. The summed E-state index contributed by atoms with van der Waals surface area (Å²) >= 11 is 0. The Bertz CT molecular complexity index is 3320. The summed E-state index contributed by atoms with van der Waals surface area (Å²) in [5.41, 5.74) is 30.2. The first-order valence-corrected chi connectivity index (χ1v) is 30.3. The molecule has 19 N–H and O–H groups in total.